The Morgan fingerprint density at radius 1 is 1.44 bits per heavy atom. The molecule has 1 aromatic carbocycles. The van der Waals surface area contributed by atoms with Crippen LogP contribution in [0.15, 0.2) is 28.7 Å². The molecule has 0 saturated carbocycles. The van der Waals surface area contributed by atoms with Crippen LogP contribution in [-0.4, -0.2) is 23.2 Å². The molecule has 0 amide bonds. The van der Waals surface area contributed by atoms with Crippen molar-refractivity contribution in [2.24, 2.45) is 5.92 Å². The number of fused-ring (bicyclic) bond motifs is 1. The standard InChI is InChI=1S/C12H16N2O2/c1-9(6-7-15)8-13-12-14-10-4-2-3-5-11(10)16-12/h2-5,9,15H,6-8H2,1H3,(H,13,14). The monoisotopic (exact) mass is 220 g/mol. The highest BCUT2D eigenvalue weighted by Gasteiger charge is 2.06. The van der Waals surface area contributed by atoms with E-state index in [4.69, 9.17) is 9.52 Å². The summed E-state index contributed by atoms with van der Waals surface area (Å²) < 4.78 is 5.51. The van der Waals surface area contributed by atoms with Crippen molar-refractivity contribution in [1.29, 1.82) is 0 Å². The first-order valence-electron chi connectivity index (χ1n) is 5.50. The van der Waals surface area contributed by atoms with E-state index in [2.05, 4.69) is 17.2 Å². The topological polar surface area (TPSA) is 58.3 Å². The predicted octanol–water partition coefficient (Wildman–Crippen LogP) is 2.26. The SMILES string of the molecule is CC(CCO)CNc1nc2ccccc2o1. The lowest BCUT2D eigenvalue weighted by atomic mass is 10.1. The Morgan fingerprint density at radius 3 is 3.00 bits per heavy atom. The number of oxazole rings is 1. The number of nitrogens with zero attached hydrogens (tertiary/aromatic N) is 1. The second-order valence-corrected chi connectivity index (χ2v) is 3.99. The van der Waals surface area contributed by atoms with Crippen LogP contribution in [0, 0.1) is 5.92 Å². The molecule has 2 rings (SSSR count). The summed E-state index contributed by atoms with van der Waals surface area (Å²) in [6.07, 6.45) is 0.785. The number of nitrogens with one attached hydrogen (secondary N) is 1. The van der Waals surface area contributed by atoms with E-state index in [1.54, 1.807) is 0 Å². The molecule has 0 radical (unpaired) electrons. The maximum atomic E-state index is 8.78. The molecular formula is C12H16N2O2. The highest BCUT2D eigenvalue weighted by atomic mass is 16.4. The molecule has 1 heterocycles. The molecule has 1 unspecified atom stereocenters. The molecule has 0 spiro atoms. The van der Waals surface area contributed by atoms with Crippen LogP contribution in [0.5, 0.6) is 0 Å². The Hall–Kier alpha value is -1.55. The van der Waals surface area contributed by atoms with Gasteiger partial charge in [-0.05, 0) is 24.5 Å². The average Bonchev–Trinajstić information content (AvgIpc) is 2.69. The van der Waals surface area contributed by atoms with Crippen LogP contribution < -0.4 is 5.32 Å². The van der Waals surface area contributed by atoms with Crippen molar-refractivity contribution >= 4 is 17.1 Å². The van der Waals surface area contributed by atoms with Gasteiger partial charge in [0.05, 0.1) is 0 Å². The summed E-state index contributed by atoms with van der Waals surface area (Å²) in [6.45, 7) is 3.05. The van der Waals surface area contributed by atoms with Crippen molar-refractivity contribution in [1.82, 2.24) is 4.98 Å². The highest BCUT2D eigenvalue weighted by Crippen LogP contribution is 2.18. The van der Waals surface area contributed by atoms with E-state index in [9.17, 15) is 0 Å². The maximum Gasteiger partial charge on any atom is 0.295 e. The van der Waals surface area contributed by atoms with Crippen LogP contribution in [0.3, 0.4) is 0 Å². The van der Waals surface area contributed by atoms with Crippen LogP contribution in [0.2, 0.25) is 0 Å². The smallest absolute Gasteiger partial charge is 0.295 e. The van der Waals surface area contributed by atoms with Crippen LogP contribution >= 0.6 is 0 Å². The first-order valence-corrected chi connectivity index (χ1v) is 5.50. The minimum atomic E-state index is 0.219. The van der Waals surface area contributed by atoms with Gasteiger partial charge < -0.3 is 14.8 Å². The first-order chi connectivity index (χ1) is 7.79. The van der Waals surface area contributed by atoms with Gasteiger partial charge in [-0.2, -0.15) is 4.98 Å². The van der Waals surface area contributed by atoms with E-state index in [0.717, 1.165) is 24.1 Å². The number of para-hydroxylation sites is 2. The van der Waals surface area contributed by atoms with Gasteiger partial charge in [-0.15, -0.1) is 0 Å². The molecule has 86 valence electrons. The van der Waals surface area contributed by atoms with Crippen LogP contribution in [-0.2, 0) is 0 Å². The van der Waals surface area contributed by atoms with Gasteiger partial charge in [0, 0.05) is 13.2 Å². The second-order valence-electron chi connectivity index (χ2n) is 3.99. The van der Waals surface area contributed by atoms with Gasteiger partial charge in [0.1, 0.15) is 5.52 Å². The quantitative estimate of drug-likeness (QED) is 0.811. The number of aliphatic hydroxyl groups is 1. The highest BCUT2D eigenvalue weighted by molar-refractivity contribution is 5.74. The molecule has 2 N–H and O–H groups in total. The number of hydrogen-bond donors (Lipinski definition) is 2. The predicted molar refractivity (Wildman–Crippen MR) is 63.4 cm³/mol. The van der Waals surface area contributed by atoms with E-state index in [1.807, 2.05) is 24.3 Å². The van der Waals surface area contributed by atoms with E-state index in [0.29, 0.717) is 11.9 Å². The fourth-order valence-electron chi connectivity index (χ4n) is 1.53. The number of benzene rings is 1. The molecule has 16 heavy (non-hydrogen) atoms. The molecule has 2 aromatic rings. The molecule has 0 bridgehead atoms. The Morgan fingerprint density at radius 2 is 2.25 bits per heavy atom. The summed E-state index contributed by atoms with van der Waals surface area (Å²) in [6, 6.07) is 8.21. The number of aromatic nitrogens is 1. The van der Waals surface area contributed by atoms with E-state index in [1.165, 1.54) is 0 Å². The largest absolute Gasteiger partial charge is 0.424 e. The van der Waals surface area contributed by atoms with E-state index < -0.39 is 0 Å². The number of anilines is 1. The minimum absolute atomic E-state index is 0.219. The van der Waals surface area contributed by atoms with Gasteiger partial charge in [0.15, 0.2) is 5.58 Å². The molecule has 0 fully saturated rings. The van der Waals surface area contributed by atoms with Crippen LogP contribution in [0.4, 0.5) is 6.01 Å². The average molecular weight is 220 g/mol. The van der Waals surface area contributed by atoms with Crippen molar-refractivity contribution in [2.45, 2.75) is 13.3 Å². The number of rotatable bonds is 5. The molecule has 1 aromatic heterocycles. The lowest BCUT2D eigenvalue weighted by Crippen LogP contribution is -2.12. The first kappa shape index (κ1) is 11.0. The summed E-state index contributed by atoms with van der Waals surface area (Å²) in [7, 11) is 0. The fourth-order valence-corrected chi connectivity index (χ4v) is 1.53. The number of hydrogen-bond acceptors (Lipinski definition) is 4. The molecule has 0 aliphatic heterocycles. The summed E-state index contributed by atoms with van der Waals surface area (Å²) >= 11 is 0. The minimum Gasteiger partial charge on any atom is -0.424 e. The molecule has 1 atom stereocenters. The van der Waals surface area contributed by atoms with Gasteiger partial charge in [-0.25, -0.2) is 0 Å². The summed E-state index contributed by atoms with van der Waals surface area (Å²) in [5, 5.41) is 11.9. The zero-order valence-electron chi connectivity index (χ0n) is 9.31. The van der Waals surface area contributed by atoms with Gasteiger partial charge >= 0.3 is 0 Å². The second kappa shape index (κ2) is 4.99. The Labute approximate surface area is 94.3 Å². The molecular weight excluding hydrogens is 204 g/mol. The van der Waals surface area contributed by atoms with Gasteiger partial charge in [0.2, 0.25) is 0 Å². The van der Waals surface area contributed by atoms with Crippen molar-refractivity contribution < 1.29 is 9.52 Å². The lowest BCUT2D eigenvalue weighted by Gasteiger charge is -2.08. The molecule has 4 heteroatoms. The number of aliphatic hydroxyl groups excluding tert-OH is 1. The zero-order valence-corrected chi connectivity index (χ0v) is 9.31. The van der Waals surface area contributed by atoms with Crippen molar-refractivity contribution in [3.63, 3.8) is 0 Å². The summed E-state index contributed by atoms with van der Waals surface area (Å²) in [4.78, 5) is 4.30. The summed E-state index contributed by atoms with van der Waals surface area (Å²) in [5.74, 6) is 0.403. The molecule has 0 saturated heterocycles. The fraction of sp³-hybridized carbons (Fsp3) is 0.417. The zero-order chi connectivity index (χ0) is 11.4. The Balaban J connectivity index is 1.99. The Bertz CT molecular complexity index is 420. The molecule has 0 aliphatic carbocycles. The van der Waals surface area contributed by atoms with Crippen LogP contribution in [0.25, 0.3) is 11.1 Å². The van der Waals surface area contributed by atoms with Gasteiger partial charge in [0.25, 0.3) is 6.01 Å². The van der Waals surface area contributed by atoms with E-state index in [-0.39, 0.29) is 6.61 Å². The third-order valence-electron chi connectivity index (χ3n) is 2.52. The Kier molecular flexibility index (Phi) is 3.41. The third kappa shape index (κ3) is 2.52. The lowest BCUT2D eigenvalue weighted by molar-refractivity contribution is 0.265. The van der Waals surface area contributed by atoms with Gasteiger partial charge in [-0.3, -0.25) is 0 Å². The molecule has 4 nitrogen and oxygen atoms in total. The van der Waals surface area contributed by atoms with Crippen LogP contribution in [0.1, 0.15) is 13.3 Å². The van der Waals surface area contributed by atoms with Crippen molar-refractivity contribution in [3.05, 3.63) is 24.3 Å². The van der Waals surface area contributed by atoms with E-state index >= 15 is 0 Å². The van der Waals surface area contributed by atoms with Crippen molar-refractivity contribution in [2.75, 3.05) is 18.5 Å². The van der Waals surface area contributed by atoms with Gasteiger partial charge in [-0.1, -0.05) is 19.1 Å². The molecule has 0 aliphatic rings. The van der Waals surface area contributed by atoms with Crippen molar-refractivity contribution in [3.8, 4) is 0 Å². The summed E-state index contributed by atoms with van der Waals surface area (Å²) in [5.41, 5.74) is 1.65. The third-order valence-corrected chi connectivity index (χ3v) is 2.52. The maximum absolute atomic E-state index is 8.78. The normalized spacial score (nSPS) is 12.9.